The lowest BCUT2D eigenvalue weighted by Gasteiger charge is -2.25. The fraction of sp³-hybridized carbons (Fsp3) is 0.231. The van der Waals surface area contributed by atoms with E-state index < -0.39 is 0 Å². The van der Waals surface area contributed by atoms with Crippen LogP contribution in [0.2, 0.25) is 0 Å². The van der Waals surface area contributed by atoms with Crippen LogP contribution in [0.4, 0.5) is 5.69 Å². The molecular formula is C13H14N4O. The molecule has 0 unspecified atom stereocenters. The van der Waals surface area contributed by atoms with Gasteiger partial charge in [-0.2, -0.15) is 5.10 Å². The Balaban J connectivity index is 1.70. The van der Waals surface area contributed by atoms with E-state index in [0.717, 1.165) is 13.0 Å². The number of aromatic amines is 1. The molecule has 1 atom stereocenters. The van der Waals surface area contributed by atoms with Crippen molar-refractivity contribution in [2.24, 2.45) is 0 Å². The summed E-state index contributed by atoms with van der Waals surface area (Å²) in [5.74, 6) is -0.0223. The molecule has 3 rings (SSSR count). The van der Waals surface area contributed by atoms with Crippen LogP contribution in [-0.2, 0) is 17.8 Å². The summed E-state index contributed by atoms with van der Waals surface area (Å²) in [7, 11) is 0. The van der Waals surface area contributed by atoms with Gasteiger partial charge in [-0.15, -0.1) is 0 Å². The Morgan fingerprint density at radius 1 is 1.33 bits per heavy atom. The quantitative estimate of drug-likeness (QED) is 0.737. The topological polar surface area (TPSA) is 69.8 Å². The molecular weight excluding hydrogens is 228 g/mol. The summed E-state index contributed by atoms with van der Waals surface area (Å²) in [5.41, 5.74) is 3.20. The van der Waals surface area contributed by atoms with Crippen molar-refractivity contribution in [3.8, 4) is 0 Å². The average Bonchev–Trinajstić information content (AvgIpc) is 2.91. The molecule has 1 aromatic carbocycles. The second-order valence-electron chi connectivity index (χ2n) is 4.38. The average molecular weight is 242 g/mol. The first-order chi connectivity index (χ1) is 8.83. The number of carbonyl (C=O) groups is 1. The predicted octanol–water partition coefficient (Wildman–Crippen LogP) is 1.06. The minimum atomic E-state index is -0.185. The second-order valence-corrected chi connectivity index (χ2v) is 4.38. The molecule has 0 radical (unpaired) electrons. The smallest absolute Gasteiger partial charge is 0.241 e. The molecule has 1 aromatic heterocycles. The van der Waals surface area contributed by atoms with Gasteiger partial charge in [0.15, 0.2) is 0 Å². The van der Waals surface area contributed by atoms with E-state index in [2.05, 4.69) is 33.0 Å². The van der Waals surface area contributed by atoms with Crippen LogP contribution in [0.15, 0.2) is 36.7 Å². The van der Waals surface area contributed by atoms with E-state index >= 15 is 0 Å². The van der Waals surface area contributed by atoms with Gasteiger partial charge < -0.3 is 10.6 Å². The molecule has 5 nitrogen and oxygen atoms in total. The molecule has 0 aliphatic carbocycles. The van der Waals surface area contributed by atoms with Gasteiger partial charge in [-0.25, -0.2) is 0 Å². The number of rotatable bonds is 2. The van der Waals surface area contributed by atoms with Gasteiger partial charge in [0.05, 0.1) is 17.9 Å². The molecule has 3 N–H and O–H groups in total. The molecule has 0 saturated carbocycles. The Hall–Kier alpha value is -2.14. The van der Waals surface area contributed by atoms with Crippen LogP contribution in [0.3, 0.4) is 0 Å². The van der Waals surface area contributed by atoms with Crippen molar-refractivity contribution in [1.82, 2.24) is 15.5 Å². The highest BCUT2D eigenvalue weighted by atomic mass is 16.2. The van der Waals surface area contributed by atoms with E-state index in [0.29, 0.717) is 5.69 Å². The van der Waals surface area contributed by atoms with Gasteiger partial charge in [0.1, 0.15) is 0 Å². The molecule has 5 heteroatoms. The van der Waals surface area contributed by atoms with Crippen LogP contribution in [-0.4, -0.2) is 22.1 Å². The minimum Gasteiger partial charge on any atom is -0.322 e. The minimum absolute atomic E-state index is 0.0223. The van der Waals surface area contributed by atoms with E-state index in [4.69, 9.17) is 0 Å². The number of hydrogen-bond acceptors (Lipinski definition) is 3. The molecule has 0 fully saturated rings. The fourth-order valence-corrected chi connectivity index (χ4v) is 2.19. The number of H-pyrrole nitrogens is 1. The van der Waals surface area contributed by atoms with Crippen molar-refractivity contribution in [3.63, 3.8) is 0 Å². The molecule has 18 heavy (non-hydrogen) atoms. The molecule has 1 aliphatic rings. The third-order valence-electron chi connectivity index (χ3n) is 3.16. The summed E-state index contributed by atoms with van der Waals surface area (Å²) in [6.07, 6.45) is 3.98. The number of carbonyl (C=O) groups excluding carboxylic acids is 1. The van der Waals surface area contributed by atoms with Gasteiger partial charge in [0, 0.05) is 12.7 Å². The number of amides is 1. The van der Waals surface area contributed by atoms with Gasteiger partial charge in [0.25, 0.3) is 0 Å². The number of aromatic nitrogens is 2. The van der Waals surface area contributed by atoms with Crippen LogP contribution in [0, 0.1) is 0 Å². The van der Waals surface area contributed by atoms with E-state index in [1.807, 2.05) is 12.1 Å². The SMILES string of the molecule is O=C(Nc1cn[nH]c1)[C@@H]1Cc2ccccc2CN1. The van der Waals surface area contributed by atoms with Crippen LogP contribution < -0.4 is 10.6 Å². The molecule has 92 valence electrons. The molecule has 1 aliphatic heterocycles. The molecule has 0 bridgehead atoms. The zero-order valence-electron chi connectivity index (χ0n) is 9.81. The molecule has 2 aromatic rings. The fourth-order valence-electron chi connectivity index (χ4n) is 2.19. The van der Waals surface area contributed by atoms with Gasteiger partial charge >= 0.3 is 0 Å². The third kappa shape index (κ3) is 2.12. The number of anilines is 1. The van der Waals surface area contributed by atoms with Gasteiger partial charge in [-0.1, -0.05) is 24.3 Å². The van der Waals surface area contributed by atoms with E-state index in [-0.39, 0.29) is 11.9 Å². The lowest BCUT2D eigenvalue weighted by molar-refractivity contribution is -0.118. The Morgan fingerprint density at radius 3 is 2.94 bits per heavy atom. The summed E-state index contributed by atoms with van der Waals surface area (Å²) in [6, 6.07) is 8.01. The van der Waals surface area contributed by atoms with E-state index in [1.54, 1.807) is 12.4 Å². The number of hydrogen-bond donors (Lipinski definition) is 3. The van der Waals surface area contributed by atoms with E-state index in [9.17, 15) is 4.79 Å². The Bertz CT molecular complexity index is 550. The van der Waals surface area contributed by atoms with Crippen molar-refractivity contribution in [1.29, 1.82) is 0 Å². The number of nitrogens with one attached hydrogen (secondary N) is 3. The van der Waals surface area contributed by atoms with Gasteiger partial charge in [-0.05, 0) is 17.5 Å². The van der Waals surface area contributed by atoms with Gasteiger partial charge in [-0.3, -0.25) is 9.89 Å². The van der Waals surface area contributed by atoms with Crippen LogP contribution >= 0.6 is 0 Å². The van der Waals surface area contributed by atoms with Crippen molar-refractivity contribution in [2.75, 3.05) is 5.32 Å². The molecule has 2 heterocycles. The summed E-state index contributed by atoms with van der Waals surface area (Å²) in [4.78, 5) is 12.1. The summed E-state index contributed by atoms with van der Waals surface area (Å²) >= 11 is 0. The molecule has 0 spiro atoms. The van der Waals surface area contributed by atoms with Crippen LogP contribution in [0.5, 0.6) is 0 Å². The van der Waals surface area contributed by atoms with Gasteiger partial charge in [0.2, 0.25) is 5.91 Å². The first-order valence-corrected chi connectivity index (χ1v) is 5.93. The maximum atomic E-state index is 12.1. The van der Waals surface area contributed by atoms with E-state index in [1.165, 1.54) is 11.1 Å². The standard InChI is InChI=1S/C13H14N4O/c18-13(17-11-7-15-16-8-11)12-5-9-3-1-2-4-10(9)6-14-12/h1-4,7-8,12,14H,5-6H2,(H,15,16)(H,17,18)/t12-/m0/s1. The lowest BCUT2D eigenvalue weighted by Crippen LogP contribution is -2.44. The Kier molecular flexibility index (Phi) is 2.82. The highest BCUT2D eigenvalue weighted by molar-refractivity contribution is 5.95. The first-order valence-electron chi connectivity index (χ1n) is 5.93. The van der Waals surface area contributed by atoms with Crippen LogP contribution in [0.25, 0.3) is 0 Å². The van der Waals surface area contributed by atoms with Crippen LogP contribution in [0.1, 0.15) is 11.1 Å². The number of fused-ring (bicyclic) bond motifs is 1. The first kappa shape index (κ1) is 11.0. The highest BCUT2D eigenvalue weighted by Crippen LogP contribution is 2.17. The maximum Gasteiger partial charge on any atom is 0.241 e. The Labute approximate surface area is 105 Å². The van der Waals surface area contributed by atoms with Crippen molar-refractivity contribution < 1.29 is 4.79 Å². The molecule has 1 amide bonds. The lowest BCUT2D eigenvalue weighted by atomic mass is 9.95. The zero-order valence-corrected chi connectivity index (χ0v) is 9.81. The molecule has 0 saturated heterocycles. The van der Waals surface area contributed by atoms with Crippen molar-refractivity contribution in [3.05, 3.63) is 47.8 Å². The zero-order chi connectivity index (χ0) is 12.4. The monoisotopic (exact) mass is 242 g/mol. The summed E-state index contributed by atoms with van der Waals surface area (Å²) in [5, 5.41) is 12.5. The summed E-state index contributed by atoms with van der Waals surface area (Å²) in [6.45, 7) is 0.736. The highest BCUT2D eigenvalue weighted by Gasteiger charge is 2.23. The Morgan fingerprint density at radius 2 is 2.17 bits per heavy atom. The van der Waals surface area contributed by atoms with Crippen molar-refractivity contribution in [2.45, 2.75) is 19.0 Å². The predicted molar refractivity (Wildman–Crippen MR) is 68.0 cm³/mol. The largest absolute Gasteiger partial charge is 0.322 e. The second kappa shape index (κ2) is 4.62. The van der Waals surface area contributed by atoms with Crippen molar-refractivity contribution >= 4 is 11.6 Å². The third-order valence-corrected chi connectivity index (χ3v) is 3.16. The maximum absolute atomic E-state index is 12.1. The number of nitrogens with zero attached hydrogens (tertiary/aromatic N) is 1. The normalized spacial score (nSPS) is 18.1. The summed E-state index contributed by atoms with van der Waals surface area (Å²) < 4.78 is 0. The number of benzene rings is 1.